The number of hydrogen-bond donors (Lipinski definition) is 2. The number of non-ortho nitro benzene ring substituents is 1. The van der Waals surface area contributed by atoms with Crippen molar-refractivity contribution in [3.8, 4) is 0 Å². The summed E-state index contributed by atoms with van der Waals surface area (Å²) in [6.07, 6.45) is 0. The van der Waals surface area contributed by atoms with Crippen LogP contribution in [0.1, 0.15) is 0 Å². The van der Waals surface area contributed by atoms with Crippen LogP contribution in [-0.2, 0) is 4.79 Å². The highest BCUT2D eigenvalue weighted by Crippen LogP contribution is 2.20. The standard InChI is InChI=1S/C11H15N3O4/c1-12-8-11(16)13(5-6-15)9-3-2-4-10(7-9)14(17)18/h2-4,7,12,15H,5-6,8H2,1H3. The quantitative estimate of drug-likeness (QED) is 0.555. The van der Waals surface area contributed by atoms with E-state index in [4.69, 9.17) is 5.11 Å². The number of anilines is 1. The maximum atomic E-state index is 11.8. The van der Waals surface area contributed by atoms with Crippen molar-refractivity contribution in [1.82, 2.24) is 5.32 Å². The van der Waals surface area contributed by atoms with Gasteiger partial charge in [-0.05, 0) is 13.1 Å². The molecule has 0 aliphatic heterocycles. The molecule has 0 atom stereocenters. The SMILES string of the molecule is CNCC(=O)N(CCO)c1cccc([N+](=O)[O-])c1. The number of carbonyl (C=O) groups is 1. The summed E-state index contributed by atoms with van der Waals surface area (Å²) >= 11 is 0. The van der Waals surface area contributed by atoms with Gasteiger partial charge in [-0.3, -0.25) is 14.9 Å². The predicted octanol–water partition coefficient (Wildman–Crippen LogP) is 0.140. The lowest BCUT2D eigenvalue weighted by Gasteiger charge is -2.21. The van der Waals surface area contributed by atoms with Gasteiger partial charge in [-0.25, -0.2) is 0 Å². The van der Waals surface area contributed by atoms with Gasteiger partial charge in [0.15, 0.2) is 0 Å². The van der Waals surface area contributed by atoms with Gasteiger partial charge in [-0.15, -0.1) is 0 Å². The molecule has 0 aliphatic rings. The van der Waals surface area contributed by atoms with Gasteiger partial charge in [-0.2, -0.15) is 0 Å². The van der Waals surface area contributed by atoms with Crippen molar-refractivity contribution >= 4 is 17.3 Å². The minimum atomic E-state index is -0.525. The van der Waals surface area contributed by atoms with Crippen LogP contribution >= 0.6 is 0 Å². The summed E-state index contributed by atoms with van der Waals surface area (Å²) in [5.74, 6) is -0.257. The molecule has 0 heterocycles. The first kappa shape index (κ1) is 14.1. The third kappa shape index (κ3) is 3.51. The average Bonchev–Trinajstić information content (AvgIpc) is 2.36. The van der Waals surface area contributed by atoms with Crippen molar-refractivity contribution in [3.63, 3.8) is 0 Å². The largest absolute Gasteiger partial charge is 0.395 e. The van der Waals surface area contributed by atoms with Crippen LogP contribution in [0.25, 0.3) is 0 Å². The van der Waals surface area contributed by atoms with Crippen LogP contribution in [0.3, 0.4) is 0 Å². The summed E-state index contributed by atoms with van der Waals surface area (Å²) in [4.78, 5) is 23.3. The van der Waals surface area contributed by atoms with Gasteiger partial charge in [0.05, 0.1) is 23.8 Å². The number of amides is 1. The van der Waals surface area contributed by atoms with Crippen molar-refractivity contribution in [2.45, 2.75) is 0 Å². The van der Waals surface area contributed by atoms with Crippen LogP contribution in [-0.4, -0.2) is 42.7 Å². The number of likely N-dealkylation sites (N-methyl/N-ethyl adjacent to an activating group) is 1. The normalized spacial score (nSPS) is 10.1. The third-order valence-electron chi connectivity index (χ3n) is 2.30. The van der Waals surface area contributed by atoms with Crippen molar-refractivity contribution < 1.29 is 14.8 Å². The first-order valence-corrected chi connectivity index (χ1v) is 5.40. The molecular weight excluding hydrogens is 238 g/mol. The molecule has 1 aromatic rings. The lowest BCUT2D eigenvalue weighted by atomic mass is 10.2. The summed E-state index contributed by atoms with van der Waals surface area (Å²) in [6, 6.07) is 5.76. The minimum Gasteiger partial charge on any atom is -0.395 e. The zero-order chi connectivity index (χ0) is 13.5. The second-order valence-corrected chi connectivity index (χ2v) is 3.58. The van der Waals surface area contributed by atoms with Crippen molar-refractivity contribution in [1.29, 1.82) is 0 Å². The van der Waals surface area contributed by atoms with Crippen molar-refractivity contribution in [3.05, 3.63) is 34.4 Å². The van der Waals surface area contributed by atoms with Crippen LogP contribution < -0.4 is 10.2 Å². The van der Waals surface area contributed by atoms with E-state index in [1.165, 1.54) is 23.1 Å². The van der Waals surface area contributed by atoms with Crippen LogP contribution in [0, 0.1) is 10.1 Å². The Hall–Kier alpha value is -1.99. The molecule has 1 rings (SSSR count). The monoisotopic (exact) mass is 253 g/mol. The summed E-state index contributed by atoms with van der Waals surface area (Å²) in [5, 5.41) is 22.3. The Bertz CT molecular complexity index is 436. The maximum Gasteiger partial charge on any atom is 0.271 e. The molecule has 18 heavy (non-hydrogen) atoms. The number of nitro benzene ring substituents is 1. The fourth-order valence-electron chi connectivity index (χ4n) is 1.52. The van der Waals surface area contributed by atoms with Gasteiger partial charge in [0, 0.05) is 18.7 Å². The summed E-state index contributed by atoms with van der Waals surface area (Å²) < 4.78 is 0. The molecule has 0 unspecified atom stereocenters. The molecule has 0 spiro atoms. The first-order chi connectivity index (χ1) is 8.60. The fraction of sp³-hybridized carbons (Fsp3) is 0.364. The summed E-state index contributed by atoms with van der Waals surface area (Å²) in [5.41, 5.74) is 0.311. The first-order valence-electron chi connectivity index (χ1n) is 5.40. The van der Waals surface area contributed by atoms with Gasteiger partial charge < -0.3 is 15.3 Å². The van der Waals surface area contributed by atoms with Gasteiger partial charge in [0.25, 0.3) is 5.69 Å². The van der Waals surface area contributed by atoms with E-state index in [9.17, 15) is 14.9 Å². The molecule has 1 aromatic carbocycles. The van der Waals surface area contributed by atoms with E-state index in [0.717, 1.165) is 0 Å². The van der Waals surface area contributed by atoms with Gasteiger partial charge in [0.2, 0.25) is 5.91 Å². The van der Waals surface area contributed by atoms with E-state index in [2.05, 4.69) is 5.32 Å². The molecule has 0 fully saturated rings. The average molecular weight is 253 g/mol. The Morgan fingerprint density at radius 3 is 2.83 bits per heavy atom. The molecule has 7 nitrogen and oxygen atoms in total. The number of nitrogens with one attached hydrogen (secondary N) is 1. The fourth-order valence-corrected chi connectivity index (χ4v) is 1.52. The molecule has 0 saturated heterocycles. The predicted molar refractivity (Wildman–Crippen MR) is 66.5 cm³/mol. The molecule has 0 aromatic heterocycles. The van der Waals surface area contributed by atoms with Crippen LogP contribution in [0.15, 0.2) is 24.3 Å². The smallest absolute Gasteiger partial charge is 0.271 e. The lowest BCUT2D eigenvalue weighted by Crippen LogP contribution is -2.39. The highest BCUT2D eigenvalue weighted by molar-refractivity contribution is 5.95. The molecule has 0 bridgehead atoms. The van der Waals surface area contributed by atoms with Gasteiger partial charge in [-0.1, -0.05) is 6.07 Å². The molecule has 0 saturated carbocycles. The second-order valence-electron chi connectivity index (χ2n) is 3.58. The van der Waals surface area contributed by atoms with E-state index >= 15 is 0 Å². The van der Waals surface area contributed by atoms with Crippen molar-refractivity contribution in [2.24, 2.45) is 0 Å². The Balaban J connectivity index is 3.01. The van der Waals surface area contributed by atoms with E-state index in [1.54, 1.807) is 13.1 Å². The molecule has 1 amide bonds. The Morgan fingerprint density at radius 2 is 2.28 bits per heavy atom. The highest BCUT2D eigenvalue weighted by atomic mass is 16.6. The van der Waals surface area contributed by atoms with E-state index in [0.29, 0.717) is 5.69 Å². The number of nitrogens with zero attached hydrogens (tertiary/aromatic N) is 2. The molecule has 0 aliphatic carbocycles. The number of hydrogen-bond acceptors (Lipinski definition) is 5. The number of carbonyl (C=O) groups excluding carboxylic acids is 1. The Kier molecular flexibility index (Phi) is 5.22. The number of rotatable bonds is 6. The molecule has 7 heteroatoms. The molecule has 98 valence electrons. The minimum absolute atomic E-state index is 0.0901. The van der Waals surface area contributed by atoms with E-state index in [-0.39, 0.29) is 31.3 Å². The Labute approximate surface area is 104 Å². The third-order valence-corrected chi connectivity index (χ3v) is 2.30. The van der Waals surface area contributed by atoms with Gasteiger partial charge in [0.1, 0.15) is 0 Å². The van der Waals surface area contributed by atoms with E-state index in [1.807, 2.05) is 0 Å². The number of nitro groups is 1. The topological polar surface area (TPSA) is 95.7 Å². The zero-order valence-corrected chi connectivity index (χ0v) is 10.00. The summed E-state index contributed by atoms with van der Waals surface area (Å²) in [6.45, 7) is -0.0114. The number of aliphatic hydroxyl groups excluding tert-OH is 1. The summed E-state index contributed by atoms with van der Waals surface area (Å²) in [7, 11) is 1.63. The number of benzene rings is 1. The van der Waals surface area contributed by atoms with Crippen LogP contribution in [0.5, 0.6) is 0 Å². The second kappa shape index (κ2) is 6.67. The Morgan fingerprint density at radius 1 is 1.56 bits per heavy atom. The molecule has 2 N–H and O–H groups in total. The van der Waals surface area contributed by atoms with Crippen molar-refractivity contribution in [2.75, 3.05) is 31.6 Å². The zero-order valence-electron chi connectivity index (χ0n) is 10.00. The van der Waals surface area contributed by atoms with E-state index < -0.39 is 4.92 Å². The highest BCUT2D eigenvalue weighted by Gasteiger charge is 2.16. The van der Waals surface area contributed by atoms with Gasteiger partial charge >= 0.3 is 0 Å². The molecule has 0 radical (unpaired) electrons. The van der Waals surface area contributed by atoms with Crippen LogP contribution in [0.4, 0.5) is 11.4 Å². The lowest BCUT2D eigenvalue weighted by molar-refractivity contribution is -0.384. The van der Waals surface area contributed by atoms with Crippen LogP contribution in [0.2, 0.25) is 0 Å². The molecular formula is C11H15N3O4. The maximum absolute atomic E-state index is 11.8. The number of aliphatic hydroxyl groups is 1.